The lowest BCUT2D eigenvalue weighted by Gasteiger charge is -2.22. The van der Waals surface area contributed by atoms with E-state index in [1.165, 1.54) is 19.5 Å². The van der Waals surface area contributed by atoms with Crippen LogP contribution in [0.25, 0.3) is 10.9 Å². The van der Waals surface area contributed by atoms with Crippen molar-refractivity contribution in [3.8, 4) is 11.9 Å². The number of benzene rings is 1. The second-order valence-electron chi connectivity index (χ2n) is 11.3. The highest BCUT2D eigenvalue weighted by molar-refractivity contribution is 6.35. The minimum absolute atomic E-state index is 0.0552. The number of rotatable bonds is 8. The minimum atomic E-state index is -4.45. The Hall–Kier alpha value is -4.11. The first kappa shape index (κ1) is 28.4. The zero-order valence-electron chi connectivity index (χ0n) is 22.8. The molecule has 1 atom stereocenters. The van der Waals surface area contributed by atoms with E-state index in [0.29, 0.717) is 50.9 Å². The van der Waals surface area contributed by atoms with Gasteiger partial charge in [-0.05, 0) is 42.0 Å². The minimum Gasteiger partial charge on any atom is -0.481 e. The Labute approximate surface area is 239 Å². The molecule has 41 heavy (non-hydrogen) atoms. The summed E-state index contributed by atoms with van der Waals surface area (Å²) in [6, 6.07) is 8.30. The molecule has 1 fully saturated rings. The molecular weight excluding hydrogens is 557 g/mol. The van der Waals surface area contributed by atoms with Crippen LogP contribution in [0.5, 0.6) is 5.88 Å². The molecule has 214 valence electrons. The van der Waals surface area contributed by atoms with Crippen LogP contribution >= 0.6 is 11.6 Å². The van der Waals surface area contributed by atoms with Gasteiger partial charge in [-0.25, -0.2) is 9.67 Å². The normalized spacial score (nSPS) is 15.3. The third kappa shape index (κ3) is 5.59. The topological polar surface area (TPSA) is 114 Å². The molecular formula is C28H28ClF3N8O. The van der Waals surface area contributed by atoms with Gasteiger partial charge in [-0.2, -0.15) is 18.4 Å². The van der Waals surface area contributed by atoms with Crippen molar-refractivity contribution in [2.75, 3.05) is 24.3 Å². The molecule has 9 nitrogen and oxygen atoms in total. The molecule has 0 unspecified atom stereocenters. The number of methoxy groups -OCH3 is 1. The first-order chi connectivity index (χ1) is 19.3. The Morgan fingerprint density at radius 2 is 1.93 bits per heavy atom. The zero-order valence-corrected chi connectivity index (χ0v) is 23.6. The lowest BCUT2D eigenvalue weighted by molar-refractivity contribution is -0.182. The number of hydrogen-bond acceptors (Lipinski definition) is 8. The van der Waals surface area contributed by atoms with Crippen LogP contribution in [-0.2, 0) is 5.54 Å². The largest absolute Gasteiger partial charge is 0.481 e. The van der Waals surface area contributed by atoms with E-state index in [2.05, 4.69) is 57.8 Å². The van der Waals surface area contributed by atoms with Gasteiger partial charge in [0.05, 0.1) is 41.1 Å². The summed E-state index contributed by atoms with van der Waals surface area (Å²) in [6.45, 7) is 6.79. The summed E-state index contributed by atoms with van der Waals surface area (Å²) >= 11 is 6.66. The number of pyridine rings is 2. The van der Waals surface area contributed by atoms with Crippen molar-refractivity contribution in [1.82, 2.24) is 25.0 Å². The molecule has 4 aromatic rings. The number of nitrogens with zero attached hydrogens (tertiary/aromatic N) is 6. The fourth-order valence-corrected chi connectivity index (χ4v) is 4.80. The summed E-state index contributed by atoms with van der Waals surface area (Å²) in [5.41, 5.74) is 0.742. The van der Waals surface area contributed by atoms with Gasteiger partial charge in [-0.3, -0.25) is 4.98 Å². The maximum absolute atomic E-state index is 13.8. The van der Waals surface area contributed by atoms with Crippen molar-refractivity contribution in [2.45, 2.75) is 51.4 Å². The van der Waals surface area contributed by atoms with E-state index in [0.717, 1.165) is 4.68 Å². The van der Waals surface area contributed by atoms with Crippen LogP contribution in [0.4, 0.5) is 24.5 Å². The van der Waals surface area contributed by atoms with Crippen LogP contribution in [-0.4, -0.2) is 44.8 Å². The first-order valence-electron chi connectivity index (χ1n) is 12.9. The van der Waals surface area contributed by atoms with Gasteiger partial charge in [-0.1, -0.05) is 37.6 Å². The van der Waals surface area contributed by atoms with E-state index in [4.69, 9.17) is 16.3 Å². The highest BCUT2D eigenvalue weighted by atomic mass is 35.5. The van der Waals surface area contributed by atoms with E-state index in [1.54, 1.807) is 30.5 Å². The molecule has 5 rings (SSSR count). The molecule has 0 radical (unpaired) electrons. The Balaban J connectivity index is 1.58. The summed E-state index contributed by atoms with van der Waals surface area (Å²) in [6.07, 6.45) is -0.209. The molecule has 0 spiro atoms. The molecule has 1 saturated carbocycles. The molecule has 13 heteroatoms. The number of nitrogens with one attached hydrogen (secondary N) is 2. The number of ether oxygens (including phenoxy) is 1. The van der Waals surface area contributed by atoms with Crippen LogP contribution in [0.2, 0.25) is 5.02 Å². The molecule has 0 amide bonds. The number of anilines is 2. The summed E-state index contributed by atoms with van der Waals surface area (Å²) in [5.74, 6) is 0.378. The van der Waals surface area contributed by atoms with Gasteiger partial charge in [0.1, 0.15) is 11.8 Å². The van der Waals surface area contributed by atoms with Gasteiger partial charge < -0.3 is 15.4 Å². The Bertz CT molecular complexity index is 1620. The van der Waals surface area contributed by atoms with Crippen LogP contribution in [0.1, 0.15) is 56.5 Å². The van der Waals surface area contributed by atoms with E-state index < -0.39 is 17.8 Å². The van der Waals surface area contributed by atoms with Gasteiger partial charge in [0.2, 0.25) is 5.88 Å². The lowest BCUT2D eigenvalue weighted by Crippen LogP contribution is -2.35. The van der Waals surface area contributed by atoms with E-state index in [9.17, 15) is 18.4 Å². The number of nitriles is 1. The molecule has 1 aromatic carbocycles. The smallest absolute Gasteiger partial charge is 0.413 e. The Morgan fingerprint density at radius 3 is 2.51 bits per heavy atom. The Kier molecular flexibility index (Phi) is 7.19. The fraction of sp³-hybridized carbons (Fsp3) is 0.393. The van der Waals surface area contributed by atoms with Crippen molar-refractivity contribution in [1.29, 1.82) is 5.26 Å². The molecule has 3 heterocycles. The predicted molar refractivity (Wildman–Crippen MR) is 149 cm³/mol. The lowest BCUT2D eigenvalue weighted by atomic mass is 9.96. The van der Waals surface area contributed by atoms with Crippen LogP contribution in [0.3, 0.4) is 0 Å². The average molecular weight is 585 g/mol. The summed E-state index contributed by atoms with van der Waals surface area (Å²) < 4.78 is 47.5. The third-order valence-corrected chi connectivity index (χ3v) is 7.24. The highest BCUT2D eigenvalue weighted by Crippen LogP contribution is 2.55. The van der Waals surface area contributed by atoms with E-state index in [1.807, 2.05) is 0 Å². The van der Waals surface area contributed by atoms with Crippen LogP contribution in [0, 0.1) is 16.7 Å². The zero-order chi connectivity index (χ0) is 29.6. The summed E-state index contributed by atoms with van der Waals surface area (Å²) in [4.78, 5) is 8.66. The number of hydrogen-bond donors (Lipinski definition) is 2. The second-order valence-corrected chi connectivity index (χ2v) is 11.7. The van der Waals surface area contributed by atoms with Gasteiger partial charge in [-0.15, -0.1) is 5.10 Å². The van der Waals surface area contributed by atoms with Crippen molar-refractivity contribution >= 4 is 33.9 Å². The third-order valence-electron chi connectivity index (χ3n) is 6.95. The highest BCUT2D eigenvalue weighted by Gasteiger charge is 2.66. The maximum Gasteiger partial charge on any atom is 0.413 e. The second kappa shape index (κ2) is 10.4. The fourth-order valence-electron chi connectivity index (χ4n) is 4.53. The number of fused-ring (bicyclic) bond motifs is 1. The van der Waals surface area contributed by atoms with Gasteiger partial charge in [0, 0.05) is 36.1 Å². The number of aromatic nitrogens is 5. The maximum atomic E-state index is 13.8. The summed E-state index contributed by atoms with van der Waals surface area (Å²) in [7, 11) is 1.49. The van der Waals surface area contributed by atoms with E-state index >= 15 is 0 Å². The molecule has 3 aromatic heterocycles. The molecule has 2 N–H and O–H groups in total. The van der Waals surface area contributed by atoms with Gasteiger partial charge >= 0.3 is 6.18 Å². The van der Waals surface area contributed by atoms with Crippen molar-refractivity contribution in [3.63, 3.8) is 0 Å². The van der Waals surface area contributed by atoms with Crippen LogP contribution in [0.15, 0.2) is 42.9 Å². The van der Waals surface area contributed by atoms with Crippen molar-refractivity contribution in [3.05, 3.63) is 64.7 Å². The monoisotopic (exact) mass is 584 g/mol. The average Bonchev–Trinajstić information content (AvgIpc) is 3.61. The predicted octanol–water partition coefficient (Wildman–Crippen LogP) is 6.47. The molecule has 1 aliphatic rings. The van der Waals surface area contributed by atoms with Crippen molar-refractivity contribution in [2.24, 2.45) is 5.41 Å². The van der Waals surface area contributed by atoms with Crippen LogP contribution < -0.4 is 15.4 Å². The molecule has 0 aliphatic heterocycles. The Morgan fingerprint density at radius 1 is 1.17 bits per heavy atom. The molecule has 1 aliphatic carbocycles. The molecule has 0 bridgehead atoms. The van der Waals surface area contributed by atoms with Gasteiger partial charge in [0.25, 0.3) is 0 Å². The quantitative estimate of drug-likeness (QED) is 0.242. The van der Waals surface area contributed by atoms with Gasteiger partial charge in [0.15, 0.2) is 5.54 Å². The number of alkyl halides is 3. The SMILES string of the molecule is COc1ccc([C@H](Nc2cc(Cl)c3ncc(C#N)c(NCC(C)(C)C)c3c2)c2cn(C3(C(F)(F)F)CC3)nn2)cn1. The number of halogens is 4. The van der Waals surface area contributed by atoms with Crippen molar-refractivity contribution < 1.29 is 17.9 Å². The van der Waals surface area contributed by atoms with E-state index in [-0.39, 0.29) is 24.0 Å². The standard InChI is InChI=1S/C28H28ClF3N8O/c1-26(2,3)15-36-23-17(11-33)13-35-25-19(23)9-18(10-20(25)29)37-24(16-5-6-22(41-4)34-12-16)21-14-40(39-38-21)27(7-8-27)28(30,31)32/h5-6,9-10,12-14,24,37H,7-8,15H2,1-4H3,(H,35,36)/t24-/m0/s1. The summed E-state index contributed by atoms with van der Waals surface area (Å²) in [5, 5.41) is 25.4. The first-order valence-corrected chi connectivity index (χ1v) is 13.3. The molecule has 0 saturated heterocycles.